The number of amides is 1. The molecule has 0 fully saturated rings. The normalized spacial score (nSPS) is 17.9. The third kappa shape index (κ3) is 2.88. The fourth-order valence-corrected chi connectivity index (χ4v) is 2.29. The van der Waals surface area contributed by atoms with Crippen molar-refractivity contribution in [1.29, 1.82) is 0 Å². The predicted octanol–water partition coefficient (Wildman–Crippen LogP) is 2.53. The average molecular weight is 279 g/mol. The largest absolute Gasteiger partial charge is 0.497 e. The van der Waals surface area contributed by atoms with E-state index in [4.69, 9.17) is 9.47 Å². The molecule has 0 spiro atoms. The first-order valence-corrected chi connectivity index (χ1v) is 6.65. The highest BCUT2D eigenvalue weighted by molar-refractivity contribution is 5.91. The van der Waals surface area contributed by atoms with Crippen LogP contribution >= 0.6 is 0 Å². The first-order valence-electron chi connectivity index (χ1n) is 6.65. The minimum absolute atomic E-state index is 0.00136. The van der Waals surface area contributed by atoms with Crippen molar-refractivity contribution in [3.05, 3.63) is 23.8 Å². The van der Waals surface area contributed by atoms with Gasteiger partial charge < -0.3 is 14.6 Å². The number of methoxy groups -OCH3 is 1. The topological polar surface area (TPSA) is 59.0 Å². The molecule has 0 unspecified atom stereocenters. The molecule has 0 saturated heterocycles. The van der Waals surface area contributed by atoms with E-state index < -0.39 is 11.7 Å². The Morgan fingerprint density at radius 3 is 2.70 bits per heavy atom. The summed E-state index contributed by atoms with van der Waals surface area (Å²) in [4.78, 5) is 13.8. The second kappa shape index (κ2) is 5.32. The number of rotatable bonds is 2. The molecule has 0 bridgehead atoms. The summed E-state index contributed by atoms with van der Waals surface area (Å²) in [6.07, 6.45) is -0.400. The van der Waals surface area contributed by atoms with E-state index in [-0.39, 0.29) is 12.5 Å². The lowest BCUT2D eigenvalue weighted by Gasteiger charge is -2.25. The molecule has 0 saturated carbocycles. The number of hydrogen-bond acceptors (Lipinski definition) is 4. The van der Waals surface area contributed by atoms with E-state index in [1.807, 2.05) is 32.9 Å². The van der Waals surface area contributed by atoms with Gasteiger partial charge in [0.15, 0.2) is 0 Å². The van der Waals surface area contributed by atoms with E-state index >= 15 is 0 Å². The molecule has 2 rings (SSSR count). The van der Waals surface area contributed by atoms with E-state index in [9.17, 15) is 9.90 Å². The second-order valence-electron chi connectivity index (χ2n) is 5.90. The van der Waals surface area contributed by atoms with E-state index in [1.54, 1.807) is 18.1 Å². The van der Waals surface area contributed by atoms with Crippen molar-refractivity contribution in [2.45, 2.75) is 32.3 Å². The summed E-state index contributed by atoms with van der Waals surface area (Å²) in [5.41, 5.74) is 1.14. The van der Waals surface area contributed by atoms with E-state index in [1.165, 1.54) is 0 Å². The van der Waals surface area contributed by atoms with Crippen molar-refractivity contribution >= 4 is 11.8 Å². The molecular formula is C15H21NO4. The van der Waals surface area contributed by atoms with Gasteiger partial charge in [0.05, 0.1) is 19.4 Å². The highest BCUT2D eigenvalue weighted by Gasteiger charge is 2.34. The number of nitrogens with zero attached hydrogens (tertiary/aromatic N) is 1. The maximum absolute atomic E-state index is 12.3. The first-order chi connectivity index (χ1) is 9.35. The second-order valence-corrected chi connectivity index (χ2v) is 5.90. The Morgan fingerprint density at radius 2 is 2.15 bits per heavy atom. The zero-order valence-corrected chi connectivity index (χ0v) is 12.3. The average Bonchev–Trinajstić information content (AvgIpc) is 2.74. The number of hydrogen-bond donors (Lipinski definition) is 1. The molecule has 1 aromatic rings. The minimum Gasteiger partial charge on any atom is -0.497 e. The highest BCUT2D eigenvalue weighted by atomic mass is 16.6. The zero-order chi connectivity index (χ0) is 14.9. The summed E-state index contributed by atoms with van der Waals surface area (Å²) in [5, 5.41) is 9.46. The van der Waals surface area contributed by atoms with E-state index in [2.05, 4.69) is 0 Å². The smallest absolute Gasteiger partial charge is 0.414 e. The molecule has 0 radical (unpaired) electrons. The summed E-state index contributed by atoms with van der Waals surface area (Å²) < 4.78 is 10.6. The summed E-state index contributed by atoms with van der Waals surface area (Å²) in [6.45, 7) is 5.91. The molecule has 5 nitrogen and oxygen atoms in total. The van der Waals surface area contributed by atoms with Crippen LogP contribution in [0.2, 0.25) is 0 Å². The van der Waals surface area contributed by atoms with Crippen LogP contribution < -0.4 is 9.64 Å². The van der Waals surface area contributed by atoms with Crippen molar-refractivity contribution in [2.75, 3.05) is 25.2 Å². The number of aliphatic hydroxyl groups is 1. The predicted molar refractivity (Wildman–Crippen MR) is 76.4 cm³/mol. The number of ether oxygens (including phenoxy) is 2. The van der Waals surface area contributed by atoms with Gasteiger partial charge in [0.25, 0.3) is 0 Å². The van der Waals surface area contributed by atoms with Crippen LogP contribution in [0.3, 0.4) is 0 Å². The van der Waals surface area contributed by atoms with Gasteiger partial charge in [-0.05, 0) is 32.4 Å². The molecule has 0 aromatic heterocycles. The Labute approximate surface area is 119 Å². The molecular weight excluding hydrogens is 258 g/mol. The lowest BCUT2D eigenvalue weighted by molar-refractivity contribution is 0.0581. The molecule has 1 aliphatic heterocycles. The molecule has 5 heteroatoms. The molecule has 1 heterocycles. The molecule has 20 heavy (non-hydrogen) atoms. The van der Waals surface area contributed by atoms with Gasteiger partial charge in [-0.3, -0.25) is 4.90 Å². The lowest BCUT2D eigenvalue weighted by atomic mass is 10.0. The number of carbonyl (C=O) groups excluding carboxylic acids is 1. The third-order valence-electron chi connectivity index (χ3n) is 3.21. The summed E-state index contributed by atoms with van der Waals surface area (Å²) in [7, 11) is 1.58. The van der Waals surface area contributed by atoms with Crippen LogP contribution in [0.1, 0.15) is 32.3 Å². The van der Waals surface area contributed by atoms with Crippen molar-refractivity contribution in [1.82, 2.24) is 0 Å². The van der Waals surface area contributed by atoms with Crippen LogP contribution in [0.4, 0.5) is 10.5 Å². The quantitative estimate of drug-likeness (QED) is 0.903. The zero-order valence-electron chi connectivity index (χ0n) is 12.3. The van der Waals surface area contributed by atoms with Crippen molar-refractivity contribution in [3.63, 3.8) is 0 Å². The summed E-state index contributed by atoms with van der Waals surface area (Å²) in [6, 6.07) is 5.52. The van der Waals surface area contributed by atoms with Crippen molar-refractivity contribution in [2.24, 2.45) is 0 Å². The standard InChI is InChI=1S/C15H21NO4/c1-15(2,3)20-14(18)16-8-10(9-17)12-6-5-11(19-4)7-13(12)16/h5-7,10,17H,8-9H2,1-4H3/t10-/m1/s1. The Bertz CT molecular complexity index is 507. The van der Waals surface area contributed by atoms with Crippen LogP contribution in [0.25, 0.3) is 0 Å². The number of aliphatic hydroxyl groups excluding tert-OH is 1. The molecule has 1 aliphatic rings. The molecule has 110 valence electrons. The van der Waals surface area contributed by atoms with Gasteiger partial charge in [-0.1, -0.05) is 6.07 Å². The minimum atomic E-state index is -0.548. The van der Waals surface area contributed by atoms with Gasteiger partial charge in [-0.15, -0.1) is 0 Å². The Morgan fingerprint density at radius 1 is 1.45 bits per heavy atom. The Kier molecular flexibility index (Phi) is 3.90. The fourth-order valence-electron chi connectivity index (χ4n) is 2.29. The van der Waals surface area contributed by atoms with E-state index in [0.29, 0.717) is 12.3 Å². The molecule has 1 N–H and O–H groups in total. The number of carbonyl (C=O) groups is 1. The van der Waals surface area contributed by atoms with Gasteiger partial charge in [0.2, 0.25) is 0 Å². The molecule has 1 amide bonds. The molecule has 1 atom stereocenters. The maximum Gasteiger partial charge on any atom is 0.414 e. The molecule has 1 aromatic carbocycles. The molecule has 0 aliphatic carbocycles. The Hall–Kier alpha value is -1.75. The van der Waals surface area contributed by atoms with Crippen LogP contribution in [-0.2, 0) is 4.74 Å². The van der Waals surface area contributed by atoms with Crippen LogP contribution in [0.5, 0.6) is 5.75 Å². The SMILES string of the molecule is COc1ccc2c(c1)N(C(=O)OC(C)(C)C)C[C@@H]2CO. The first kappa shape index (κ1) is 14.7. The maximum atomic E-state index is 12.3. The number of benzene rings is 1. The van der Waals surface area contributed by atoms with Crippen LogP contribution in [0.15, 0.2) is 18.2 Å². The van der Waals surface area contributed by atoms with E-state index in [0.717, 1.165) is 11.3 Å². The van der Waals surface area contributed by atoms with Crippen LogP contribution in [0, 0.1) is 0 Å². The summed E-state index contributed by atoms with van der Waals surface area (Å²) >= 11 is 0. The lowest BCUT2D eigenvalue weighted by Crippen LogP contribution is -2.36. The number of anilines is 1. The Balaban J connectivity index is 2.32. The number of fused-ring (bicyclic) bond motifs is 1. The van der Waals surface area contributed by atoms with Crippen molar-refractivity contribution < 1.29 is 19.4 Å². The summed E-state index contributed by atoms with van der Waals surface area (Å²) in [5.74, 6) is 0.597. The van der Waals surface area contributed by atoms with Gasteiger partial charge in [0.1, 0.15) is 11.4 Å². The van der Waals surface area contributed by atoms with Gasteiger partial charge in [0, 0.05) is 18.5 Å². The third-order valence-corrected chi connectivity index (χ3v) is 3.21. The van der Waals surface area contributed by atoms with Crippen molar-refractivity contribution in [3.8, 4) is 5.75 Å². The van der Waals surface area contributed by atoms with Gasteiger partial charge >= 0.3 is 6.09 Å². The van der Waals surface area contributed by atoms with Crippen LogP contribution in [-0.4, -0.2) is 37.1 Å². The monoisotopic (exact) mass is 279 g/mol. The van der Waals surface area contributed by atoms with Gasteiger partial charge in [-0.25, -0.2) is 4.79 Å². The fraction of sp³-hybridized carbons (Fsp3) is 0.533. The highest BCUT2D eigenvalue weighted by Crippen LogP contribution is 2.39. The van der Waals surface area contributed by atoms with Gasteiger partial charge in [-0.2, -0.15) is 0 Å².